The van der Waals surface area contributed by atoms with Crippen LogP contribution in [0.25, 0.3) is 16.7 Å². The summed E-state index contributed by atoms with van der Waals surface area (Å²) in [6, 6.07) is 12.9. The number of H-pyrrole nitrogens is 1. The molecule has 1 aliphatic heterocycles. The summed E-state index contributed by atoms with van der Waals surface area (Å²) >= 11 is 0. The number of nitrogens with one attached hydrogen (secondary N) is 1. The molecule has 4 rings (SSSR count). The molecule has 3 N–H and O–H groups in total. The number of hydrogen-bond donors (Lipinski definition) is 2. The molecule has 36 heavy (non-hydrogen) atoms. The minimum Gasteiger partial charge on any atom is -0.486 e. The third-order valence-electron chi connectivity index (χ3n) is 6.93. The number of carbonyl (C=O) groups is 1. The average molecular weight is 495 g/mol. The van der Waals surface area contributed by atoms with Gasteiger partial charge in [-0.15, -0.1) is 0 Å². The first-order valence-electron chi connectivity index (χ1n) is 12.0. The number of carbonyl (C=O) groups excluding carboxylic acids is 1. The molecule has 1 unspecified atom stereocenters. The molecule has 192 valence electrons. The second-order valence-corrected chi connectivity index (χ2v) is 11.2. The van der Waals surface area contributed by atoms with Crippen LogP contribution in [0.4, 0.5) is 4.79 Å². The molecule has 0 saturated carbocycles. The summed E-state index contributed by atoms with van der Waals surface area (Å²) in [5.74, 6) is 0.531. The standard InChI is InChI=1S/C26H34BN3O6/c1-24(2,3)21(15-33-22(28)31)34-18-10-8-9-17(14-18)30-20-13-16(11-12-19(20)29-23(30)32)27-35-25(4,5)26(6,7)36-27/h8-14,21H,15H2,1-7H3,(H2,28,31)(H,29,32). The van der Waals surface area contributed by atoms with Crippen LogP contribution in [0, 0.1) is 5.41 Å². The van der Waals surface area contributed by atoms with Crippen molar-refractivity contribution < 1.29 is 23.6 Å². The molecular formula is C26H34BN3O6. The first-order valence-corrected chi connectivity index (χ1v) is 12.0. The van der Waals surface area contributed by atoms with Gasteiger partial charge in [0.05, 0.1) is 27.9 Å². The quantitative estimate of drug-likeness (QED) is 0.506. The van der Waals surface area contributed by atoms with Crippen molar-refractivity contribution >= 4 is 29.7 Å². The number of imidazole rings is 1. The maximum Gasteiger partial charge on any atom is 0.494 e. The zero-order valence-corrected chi connectivity index (χ0v) is 21.9. The molecule has 1 saturated heterocycles. The minimum absolute atomic E-state index is 0.00748. The molecule has 2 heterocycles. The number of nitrogens with zero attached hydrogens (tertiary/aromatic N) is 1. The van der Waals surface area contributed by atoms with Crippen molar-refractivity contribution in [2.24, 2.45) is 11.1 Å². The van der Waals surface area contributed by atoms with E-state index in [4.69, 9.17) is 24.5 Å². The van der Waals surface area contributed by atoms with Gasteiger partial charge in [-0.3, -0.25) is 4.57 Å². The molecule has 2 aromatic carbocycles. The first-order chi connectivity index (χ1) is 16.7. The van der Waals surface area contributed by atoms with Crippen LogP contribution in [0.15, 0.2) is 47.3 Å². The number of aromatic amines is 1. The van der Waals surface area contributed by atoms with E-state index in [1.54, 1.807) is 16.7 Å². The van der Waals surface area contributed by atoms with Crippen LogP contribution < -0.4 is 21.6 Å². The summed E-state index contributed by atoms with van der Waals surface area (Å²) in [6.45, 7) is 14.0. The van der Waals surface area contributed by atoms with Crippen LogP contribution in [0.1, 0.15) is 48.5 Å². The Bertz CT molecular complexity index is 1320. The Hall–Kier alpha value is -3.24. The summed E-state index contributed by atoms with van der Waals surface area (Å²) in [5.41, 5.74) is 6.40. The van der Waals surface area contributed by atoms with E-state index >= 15 is 0 Å². The Morgan fingerprint density at radius 2 is 1.78 bits per heavy atom. The van der Waals surface area contributed by atoms with E-state index in [0.29, 0.717) is 22.5 Å². The Balaban J connectivity index is 1.69. The van der Waals surface area contributed by atoms with Crippen LogP contribution >= 0.6 is 0 Å². The van der Waals surface area contributed by atoms with Crippen LogP contribution in [0.3, 0.4) is 0 Å². The van der Waals surface area contributed by atoms with Gasteiger partial charge in [0.25, 0.3) is 0 Å². The van der Waals surface area contributed by atoms with Crippen LogP contribution in [-0.2, 0) is 14.0 Å². The van der Waals surface area contributed by atoms with Gasteiger partial charge in [-0.1, -0.05) is 32.9 Å². The van der Waals surface area contributed by atoms with E-state index in [1.807, 2.05) is 78.8 Å². The fourth-order valence-electron chi connectivity index (χ4n) is 3.98. The molecule has 1 atom stereocenters. The normalized spacial score (nSPS) is 17.8. The number of benzene rings is 2. The van der Waals surface area contributed by atoms with Gasteiger partial charge in [0.1, 0.15) is 18.5 Å². The summed E-state index contributed by atoms with van der Waals surface area (Å²) in [4.78, 5) is 27.0. The lowest BCUT2D eigenvalue weighted by Gasteiger charge is -2.32. The van der Waals surface area contributed by atoms with Crippen molar-refractivity contribution in [3.63, 3.8) is 0 Å². The lowest BCUT2D eigenvalue weighted by Crippen LogP contribution is -2.41. The van der Waals surface area contributed by atoms with Crippen molar-refractivity contribution in [1.82, 2.24) is 9.55 Å². The van der Waals surface area contributed by atoms with Gasteiger partial charge < -0.3 is 29.5 Å². The van der Waals surface area contributed by atoms with E-state index in [1.165, 1.54) is 0 Å². The van der Waals surface area contributed by atoms with Crippen LogP contribution in [0.5, 0.6) is 5.75 Å². The number of primary amides is 1. The van der Waals surface area contributed by atoms with Gasteiger partial charge >= 0.3 is 18.9 Å². The minimum atomic E-state index is -0.857. The summed E-state index contributed by atoms with van der Waals surface area (Å²) in [5, 5.41) is 0. The molecule has 1 aromatic heterocycles. The molecule has 1 aliphatic rings. The van der Waals surface area contributed by atoms with Gasteiger partial charge in [0.15, 0.2) is 0 Å². The molecule has 0 bridgehead atoms. The molecule has 10 heteroatoms. The molecule has 3 aromatic rings. The number of rotatable bonds is 6. The molecule has 1 amide bonds. The largest absolute Gasteiger partial charge is 0.494 e. The third kappa shape index (κ3) is 5.01. The number of amides is 1. The Morgan fingerprint density at radius 1 is 1.11 bits per heavy atom. The predicted octanol–water partition coefficient (Wildman–Crippen LogP) is 3.51. The van der Waals surface area contributed by atoms with Gasteiger partial charge in [-0.05, 0) is 57.4 Å². The molecule has 1 fully saturated rings. The maximum absolute atomic E-state index is 13.0. The summed E-state index contributed by atoms with van der Waals surface area (Å²) in [6.07, 6.45) is -1.31. The highest BCUT2D eigenvalue weighted by Gasteiger charge is 2.51. The van der Waals surface area contributed by atoms with Crippen molar-refractivity contribution in [1.29, 1.82) is 0 Å². The topological polar surface area (TPSA) is 118 Å². The van der Waals surface area contributed by atoms with Crippen LogP contribution in [-0.4, -0.2) is 46.7 Å². The predicted molar refractivity (Wildman–Crippen MR) is 139 cm³/mol. The highest BCUT2D eigenvalue weighted by Crippen LogP contribution is 2.36. The van der Waals surface area contributed by atoms with Gasteiger partial charge in [-0.25, -0.2) is 9.59 Å². The van der Waals surface area contributed by atoms with E-state index in [0.717, 1.165) is 5.46 Å². The average Bonchev–Trinajstić information content (AvgIpc) is 3.20. The Kier molecular flexibility index (Phi) is 6.47. The SMILES string of the molecule is CC(C)(C)C(COC(N)=O)Oc1cccc(-n2c(=O)[nH]c3ccc(B4OC(C)(C)C(C)(C)O4)cc32)c1. The summed E-state index contributed by atoms with van der Waals surface area (Å²) < 4.78 is 25.2. The molecular weight excluding hydrogens is 461 g/mol. The number of ether oxygens (including phenoxy) is 2. The lowest BCUT2D eigenvalue weighted by atomic mass is 9.79. The zero-order valence-electron chi connectivity index (χ0n) is 21.9. The highest BCUT2D eigenvalue weighted by molar-refractivity contribution is 6.62. The number of fused-ring (bicyclic) bond motifs is 1. The van der Waals surface area contributed by atoms with E-state index in [2.05, 4.69) is 4.98 Å². The fourth-order valence-corrected chi connectivity index (χ4v) is 3.98. The monoisotopic (exact) mass is 495 g/mol. The fraction of sp³-hybridized carbons (Fsp3) is 0.462. The smallest absolute Gasteiger partial charge is 0.486 e. The second-order valence-electron chi connectivity index (χ2n) is 11.2. The van der Waals surface area contributed by atoms with Gasteiger partial charge in [0, 0.05) is 11.5 Å². The number of aromatic nitrogens is 2. The van der Waals surface area contributed by atoms with E-state index in [9.17, 15) is 9.59 Å². The lowest BCUT2D eigenvalue weighted by molar-refractivity contribution is 0.00578. The van der Waals surface area contributed by atoms with Crippen molar-refractivity contribution in [2.45, 2.75) is 65.8 Å². The second kappa shape index (κ2) is 9.01. The van der Waals surface area contributed by atoms with E-state index in [-0.39, 0.29) is 17.7 Å². The van der Waals surface area contributed by atoms with Crippen LogP contribution in [0.2, 0.25) is 0 Å². The molecule has 0 spiro atoms. The molecule has 9 nitrogen and oxygen atoms in total. The van der Waals surface area contributed by atoms with Crippen molar-refractivity contribution in [2.75, 3.05) is 6.61 Å². The summed E-state index contributed by atoms with van der Waals surface area (Å²) in [7, 11) is -0.551. The Morgan fingerprint density at radius 3 is 2.39 bits per heavy atom. The third-order valence-corrected chi connectivity index (χ3v) is 6.93. The van der Waals surface area contributed by atoms with E-state index < -0.39 is 30.5 Å². The van der Waals surface area contributed by atoms with Crippen molar-refractivity contribution in [3.05, 3.63) is 52.9 Å². The number of hydrogen-bond acceptors (Lipinski definition) is 6. The zero-order chi connectivity index (χ0) is 26.5. The molecule has 0 radical (unpaired) electrons. The van der Waals surface area contributed by atoms with Gasteiger partial charge in [-0.2, -0.15) is 0 Å². The number of nitrogens with two attached hydrogens (primary N) is 1. The van der Waals surface area contributed by atoms with Gasteiger partial charge in [0.2, 0.25) is 0 Å². The molecule has 0 aliphatic carbocycles. The van der Waals surface area contributed by atoms with Crippen molar-refractivity contribution in [3.8, 4) is 11.4 Å². The Labute approximate surface area is 211 Å². The highest BCUT2D eigenvalue weighted by atomic mass is 16.7. The first kappa shape index (κ1) is 25.8. The maximum atomic E-state index is 13.0.